The fourth-order valence-corrected chi connectivity index (χ4v) is 3.36. The van der Waals surface area contributed by atoms with E-state index in [0.717, 1.165) is 0 Å². The molecule has 0 unspecified atom stereocenters. The second kappa shape index (κ2) is 7.23. The van der Waals surface area contributed by atoms with Crippen LogP contribution in [0, 0.1) is 29.2 Å². The lowest BCUT2D eigenvalue weighted by molar-refractivity contribution is -0.190. The molecule has 1 heterocycles. The van der Waals surface area contributed by atoms with Crippen LogP contribution in [0.25, 0.3) is 11.1 Å². The van der Waals surface area contributed by atoms with Crippen LogP contribution in [0.2, 0.25) is 0 Å². The predicted molar refractivity (Wildman–Crippen MR) is 84.1 cm³/mol. The topological polar surface area (TPSA) is 9.23 Å². The molecule has 0 N–H and O–H groups in total. The van der Waals surface area contributed by atoms with Crippen molar-refractivity contribution in [2.24, 2.45) is 5.92 Å². The minimum absolute atomic E-state index is 0.0689. The molecule has 158 valence electrons. The molecule has 0 spiro atoms. The molecule has 0 aliphatic carbocycles. The van der Waals surface area contributed by atoms with E-state index in [0.29, 0.717) is 12.1 Å². The summed E-state index contributed by atoms with van der Waals surface area (Å²) in [6, 6.07) is 1.28. The Hall–Kier alpha value is -2.23. The smallest absolute Gasteiger partial charge is 0.367 e. The van der Waals surface area contributed by atoms with Gasteiger partial charge in [-0.15, -0.1) is 0 Å². The normalized spacial score (nSPS) is 22.0. The van der Waals surface area contributed by atoms with Gasteiger partial charge in [-0.25, -0.2) is 26.3 Å². The Morgan fingerprint density at radius 3 is 1.86 bits per heavy atom. The van der Waals surface area contributed by atoms with Crippen LogP contribution in [0.1, 0.15) is 30.6 Å². The Kier molecular flexibility index (Phi) is 5.35. The lowest BCUT2D eigenvalue weighted by Gasteiger charge is -2.35. The zero-order valence-electron chi connectivity index (χ0n) is 14.7. The van der Waals surface area contributed by atoms with E-state index in [1.165, 1.54) is 6.92 Å². The highest BCUT2D eigenvalue weighted by molar-refractivity contribution is 5.66. The number of ether oxygens (including phenoxy) is 1. The first kappa shape index (κ1) is 21.5. The van der Waals surface area contributed by atoms with Crippen molar-refractivity contribution in [3.8, 4) is 11.1 Å². The molecule has 0 saturated carbocycles. The Labute approximate surface area is 159 Å². The molecule has 3 rings (SSSR count). The molecule has 2 aromatic carbocycles. The van der Waals surface area contributed by atoms with Crippen molar-refractivity contribution >= 4 is 0 Å². The van der Waals surface area contributed by atoms with Crippen LogP contribution < -0.4 is 0 Å². The quantitative estimate of drug-likeness (QED) is 0.486. The van der Waals surface area contributed by atoms with E-state index in [-0.39, 0.29) is 18.7 Å². The number of hydrogen-bond donors (Lipinski definition) is 0. The average molecular weight is 428 g/mol. The van der Waals surface area contributed by atoms with Gasteiger partial charge in [-0.3, -0.25) is 0 Å². The fourth-order valence-electron chi connectivity index (χ4n) is 3.36. The van der Waals surface area contributed by atoms with Crippen LogP contribution in [0.3, 0.4) is 0 Å². The van der Waals surface area contributed by atoms with Gasteiger partial charge in [0.15, 0.2) is 0 Å². The van der Waals surface area contributed by atoms with Gasteiger partial charge in [-0.2, -0.15) is 13.2 Å². The third-order valence-electron chi connectivity index (χ3n) is 4.53. The van der Waals surface area contributed by atoms with E-state index in [1.807, 2.05) is 0 Å². The van der Waals surface area contributed by atoms with Gasteiger partial charge >= 0.3 is 6.18 Å². The summed E-state index contributed by atoms with van der Waals surface area (Å²) in [5.74, 6) is -11.0. The number of rotatable bonds is 2. The Balaban J connectivity index is 2.06. The van der Waals surface area contributed by atoms with Crippen molar-refractivity contribution in [1.29, 1.82) is 0 Å². The highest BCUT2D eigenvalue weighted by Crippen LogP contribution is 2.44. The molecule has 1 nitrogen and oxygen atoms in total. The second-order valence-electron chi connectivity index (χ2n) is 6.96. The highest BCUT2D eigenvalue weighted by Gasteiger charge is 2.46. The number of hydrogen-bond acceptors (Lipinski definition) is 1. The standard InChI is InChI=1S/C19H13F9O/c1-8-6-18(24,25)17(29-7-8)10-4-11(20)15(12(21)5-10)9-2-13(22)16(14(23)3-9)19(26,27)28/h2-5,8,17H,6-7H2,1H3/t8-,17-/m0/s1. The second-order valence-corrected chi connectivity index (χ2v) is 6.96. The minimum atomic E-state index is -5.35. The summed E-state index contributed by atoms with van der Waals surface area (Å²) in [7, 11) is 0. The van der Waals surface area contributed by atoms with Crippen molar-refractivity contribution in [2.75, 3.05) is 6.61 Å². The zero-order chi connectivity index (χ0) is 21.7. The maximum absolute atomic E-state index is 14.5. The van der Waals surface area contributed by atoms with Gasteiger partial charge in [-0.05, 0) is 41.3 Å². The van der Waals surface area contributed by atoms with Crippen LogP contribution in [0.15, 0.2) is 24.3 Å². The molecule has 0 radical (unpaired) electrons. The fraction of sp³-hybridized carbons (Fsp3) is 0.368. The minimum Gasteiger partial charge on any atom is -0.367 e. The summed E-state index contributed by atoms with van der Waals surface area (Å²) in [5.41, 5.74) is -4.64. The van der Waals surface area contributed by atoms with E-state index in [1.54, 1.807) is 0 Å². The molecule has 1 fully saturated rings. The van der Waals surface area contributed by atoms with Gasteiger partial charge in [0.05, 0.1) is 12.2 Å². The van der Waals surface area contributed by atoms with Crippen LogP contribution >= 0.6 is 0 Å². The summed E-state index contributed by atoms with van der Waals surface area (Å²) in [6.45, 7) is 1.45. The van der Waals surface area contributed by atoms with Crippen molar-refractivity contribution in [1.82, 2.24) is 0 Å². The summed E-state index contributed by atoms with van der Waals surface area (Å²) >= 11 is 0. The predicted octanol–water partition coefficient (Wildman–Crippen LogP) is 6.66. The van der Waals surface area contributed by atoms with E-state index in [2.05, 4.69) is 0 Å². The molecule has 0 aromatic heterocycles. The third-order valence-corrected chi connectivity index (χ3v) is 4.53. The monoisotopic (exact) mass is 428 g/mol. The average Bonchev–Trinajstić information content (AvgIpc) is 2.50. The maximum Gasteiger partial charge on any atom is 0.422 e. The van der Waals surface area contributed by atoms with Gasteiger partial charge in [0.25, 0.3) is 5.92 Å². The van der Waals surface area contributed by atoms with Gasteiger partial charge in [0, 0.05) is 6.42 Å². The van der Waals surface area contributed by atoms with E-state index >= 15 is 0 Å². The van der Waals surface area contributed by atoms with Crippen LogP contribution in [0.5, 0.6) is 0 Å². The lowest BCUT2D eigenvalue weighted by Crippen LogP contribution is -2.37. The molecule has 1 aliphatic heterocycles. The van der Waals surface area contributed by atoms with Crippen molar-refractivity contribution in [2.45, 2.75) is 31.5 Å². The molecule has 0 bridgehead atoms. The molecular weight excluding hydrogens is 415 g/mol. The van der Waals surface area contributed by atoms with Gasteiger partial charge < -0.3 is 4.74 Å². The van der Waals surface area contributed by atoms with E-state index in [4.69, 9.17) is 4.74 Å². The molecule has 2 atom stereocenters. The molecule has 0 amide bonds. The van der Waals surface area contributed by atoms with Crippen molar-refractivity contribution in [3.05, 3.63) is 58.7 Å². The molecule has 1 saturated heterocycles. The third kappa shape index (κ3) is 4.08. The molecule has 1 aliphatic rings. The summed E-state index contributed by atoms with van der Waals surface area (Å²) < 4.78 is 128. The first-order valence-electron chi connectivity index (χ1n) is 8.36. The van der Waals surface area contributed by atoms with Gasteiger partial charge in [-0.1, -0.05) is 6.92 Å². The number of alkyl halides is 5. The van der Waals surface area contributed by atoms with E-state index in [9.17, 15) is 39.5 Å². The van der Waals surface area contributed by atoms with Crippen LogP contribution in [0.4, 0.5) is 39.5 Å². The van der Waals surface area contributed by atoms with Gasteiger partial charge in [0.2, 0.25) is 0 Å². The van der Waals surface area contributed by atoms with E-state index < -0.39 is 76.1 Å². The highest BCUT2D eigenvalue weighted by atomic mass is 19.4. The number of benzene rings is 2. The first-order valence-corrected chi connectivity index (χ1v) is 8.36. The largest absolute Gasteiger partial charge is 0.422 e. The first-order chi connectivity index (χ1) is 13.3. The molecular formula is C19H13F9O. The lowest BCUT2D eigenvalue weighted by atomic mass is 9.91. The maximum atomic E-state index is 14.5. The summed E-state index contributed by atoms with van der Waals surface area (Å²) in [5, 5.41) is 0. The summed E-state index contributed by atoms with van der Waals surface area (Å²) in [6.07, 6.45) is -7.86. The summed E-state index contributed by atoms with van der Waals surface area (Å²) in [4.78, 5) is 0. The molecule has 10 heteroatoms. The zero-order valence-corrected chi connectivity index (χ0v) is 14.7. The Morgan fingerprint density at radius 1 is 0.897 bits per heavy atom. The van der Waals surface area contributed by atoms with Gasteiger partial charge in [0.1, 0.15) is 34.9 Å². The van der Waals surface area contributed by atoms with Crippen LogP contribution in [-0.2, 0) is 10.9 Å². The Morgan fingerprint density at radius 2 is 1.41 bits per heavy atom. The molecule has 29 heavy (non-hydrogen) atoms. The van der Waals surface area contributed by atoms with Crippen LogP contribution in [-0.4, -0.2) is 12.5 Å². The molecule has 2 aromatic rings. The number of halogens is 9. The SMILES string of the molecule is C[C@@H]1CO[C@@H](c2cc(F)c(-c3cc(F)c(C(F)(F)F)c(F)c3)c(F)c2)C(F)(F)C1. The Bertz CT molecular complexity index is 890. The van der Waals surface area contributed by atoms with Crippen molar-refractivity contribution in [3.63, 3.8) is 0 Å². The van der Waals surface area contributed by atoms with Crippen molar-refractivity contribution < 1.29 is 44.3 Å².